The molecule has 0 nitrogen and oxygen atoms in total. The van der Waals surface area contributed by atoms with Gasteiger partial charge in [-0.05, 0) is 17.9 Å². The van der Waals surface area contributed by atoms with E-state index in [9.17, 15) is 0 Å². The summed E-state index contributed by atoms with van der Waals surface area (Å²) in [7, 11) is 0. The molecule has 1 aromatic carbocycles. The molecule has 0 spiro atoms. The lowest BCUT2D eigenvalue weighted by atomic mass is 9.97. The maximum atomic E-state index is 2.48. The average Bonchev–Trinajstić information content (AvgIpc) is 2.05. The molecule has 1 rings (SSSR count). The molecule has 0 saturated heterocycles. The van der Waals surface area contributed by atoms with Crippen molar-refractivity contribution in [1.29, 1.82) is 0 Å². The number of hydrogen-bond donors (Lipinski definition) is 0. The largest absolute Gasteiger partial charge is 0.0829 e. The maximum absolute atomic E-state index is 2.48. The topological polar surface area (TPSA) is 0 Å². The SMILES string of the molecule is C[C@@H](I)C[C@H](C)c1ccccc1. The van der Waals surface area contributed by atoms with Gasteiger partial charge in [-0.15, -0.1) is 0 Å². The molecule has 0 radical (unpaired) electrons. The minimum absolute atomic E-state index is 0.693. The van der Waals surface area contributed by atoms with Crippen LogP contribution < -0.4 is 0 Å². The molecule has 1 heteroatoms. The van der Waals surface area contributed by atoms with Gasteiger partial charge in [-0.25, -0.2) is 0 Å². The number of hydrogen-bond acceptors (Lipinski definition) is 0. The van der Waals surface area contributed by atoms with Crippen molar-refractivity contribution in [3.8, 4) is 0 Å². The predicted octanol–water partition coefficient (Wildman–Crippen LogP) is 4.00. The Balaban J connectivity index is 2.59. The summed E-state index contributed by atoms with van der Waals surface area (Å²) in [6.07, 6.45) is 1.27. The van der Waals surface area contributed by atoms with Crippen LogP contribution in [0.3, 0.4) is 0 Å². The minimum atomic E-state index is 0.693. The minimum Gasteiger partial charge on any atom is -0.0829 e. The van der Waals surface area contributed by atoms with Crippen LogP contribution in [0.25, 0.3) is 0 Å². The number of rotatable bonds is 3. The fourth-order valence-electron chi connectivity index (χ4n) is 1.40. The van der Waals surface area contributed by atoms with Crippen molar-refractivity contribution < 1.29 is 0 Å². The van der Waals surface area contributed by atoms with Crippen LogP contribution in [0.2, 0.25) is 0 Å². The second-order valence-corrected chi connectivity index (χ2v) is 5.45. The highest BCUT2D eigenvalue weighted by molar-refractivity contribution is 14.1. The van der Waals surface area contributed by atoms with E-state index in [1.54, 1.807) is 0 Å². The summed E-state index contributed by atoms with van der Waals surface area (Å²) in [5.74, 6) is 0.693. The monoisotopic (exact) mass is 274 g/mol. The highest BCUT2D eigenvalue weighted by atomic mass is 127. The first kappa shape index (κ1) is 10.0. The van der Waals surface area contributed by atoms with E-state index in [0.717, 1.165) is 3.92 Å². The lowest BCUT2D eigenvalue weighted by Crippen LogP contribution is -1.99. The Kier molecular flexibility index (Phi) is 4.06. The highest BCUT2D eigenvalue weighted by Gasteiger charge is 2.06. The van der Waals surface area contributed by atoms with Crippen molar-refractivity contribution in [2.24, 2.45) is 0 Å². The zero-order chi connectivity index (χ0) is 8.97. The van der Waals surface area contributed by atoms with E-state index >= 15 is 0 Å². The normalized spacial score (nSPS) is 15.6. The van der Waals surface area contributed by atoms with Gasteiger partial charge in [0.2, 0.25) is 0 Å². The smallest absolute Gasteiger partial charge is 0.00870 e. The van der Waals surface area contributed by atoms with Gasteiger partial charge in [0.1, 0.15) is 0 Å². The average molecular weight is 274 g/mol. The molecule has 0 saturated carbocycles. The summed E-state index contributed by atoms with van der Waals surface area (Å²) >= 11 is 2.48. The van der Waals surface area contributed by atoms with Gasteiger partial charge in [0.15, 0.2) is 0 Å². The van der Waals surface area contributed by atoms with Gasteiger partial charge in [0, 0.05) is 3.92 Å². The van der Waals surface area contributed by atoms with Crippen molar-refractivity contribution in [2.45, 2.75) is 30.1 Å². The zero-order valence-electron chi connectivity index (χ0n) is 7.63. The second kappa shape index (κ2) is 4.85. The first-order valence-electron chi connectivity index (χ1n) is 4.39. The molecular formula is C11H15I. The zero-order valence-corrected chi connectivity index (χ0v) is 9.78. The van der Waals surface area contributed by atoms with Crippen LogP contribution in [0, 0.1) is 0 Å². The van der Waals surface area contributed by atoms with E-state index in [0.29, 0.717) is 5.92 Å². The van der Waals surface area contributed by atoms with E-state index in [1.165, 1.54) is 12.0 Å². The van der Waals surface area contributed by atoms with E-state index in [4.69, 9.17) is 0 Å². The van der Waals surface area contributed by atoms with Crippen LogP contribution in [0.15, 0.2) is 30.3 Å². The van der Waals surface area contributed by atoms with Gasteiger partial charge >= 0.3 is 0 Å². The maximum Gasteiger partial charge on any atom is 0.00870 e. The molecule has 2 atom stereocenters. The third-order valence-corrected chi connectivity index (χ3v) is 2.56. The van der Waals surface area contributed by atoms with Gasteiger partial charge in [-0.2, -0.15) is 0 Å². The third kappa shape index (κ3) is 3.13. The molecule has 0 unspecified atom stereocenters. The summed E-state index contributed by atoms with van der Waals surface area (Å²) in [4.78, 5) is 0. The number of benzene rings is 1. The van der Waals surface area contributed by atoms with Crippen LogP contribution in [-0.4, -0.2) is 3.92 Å². The van der Waals surface area contributed by atoms with E-state index in [1.807, 2.05) is 0 Å². The molecule has 0 aliphatic rings. The Morgan fingerprint density at radius 2 is 1.75 bits per heavy atom. The van der Waals surface area contributed by atoms with Gasteiger partial charge in [-0.1, -0.05) is 66.8 Å². The number of alkyl halides is 1. The lowest BCUT2D eigenvalue weighted by Gasteiger charge is -2.12. The van der Waals surface area contributed by atoms with Crippen molar-refractivity contribution in [3.05, 3.63) is 35.9 Å². The van der Waals surface area contributed by atoms with Crippen molar-refractivity contribution in [3.63, 3.8) is 0 Å². The van der Waals surface area contributed by atoms with Crippen molar-refractivity contribution in [1.82, 2.24) is 0 Å². The van der Waals surface area contributed by atoms with Crippen LogP contribution in [0.5, 0.6) is 0 Å². The lowest BCUT2D eigenvalue weighted by molar-refractivity contribution is 0.688. The Morgan fingerprint density at radius 3 is 2.25 bits per heavy atom. The molecule has 1 aromatic rings. The molecule has 0 heterocycles. The van der Waals surface area contributed by atoms with Gasteiger partial charge in [0.05, 0.1) is 0 Å². The summed E-state index contributed by atoms with van der Waals surface area (Å²) in [5, 5.41) is 0. The van der Waals surface area contributed by atoms with Crippen LogP contribution in [0.1, 0.15) is 31.7 Å². The van der Waals surface area contributed by atoms with Crippen LogP contribution in [0.4, 0.5) is 0 Å². The van der Waals surface area contributed by atoms with Crippen molar-refractivity contribution >= 4 is 22.6 Å². The van der Waals surface area contributed by atoms with Gasteiger partial charge in [0.25, 0.3) is 0 Å². The summed E-state index contributed by atoms with van der Waals surface area (Å²) in [6, 6.07) is 10.7. The molecule has 0 aliphatic heterocycles. The molecule has 0 amide bonds. The predicted molar refractivity (Wildman–Crippen MR) is 63.0 cm³/mol. The van der Waals surface area contributed by atoms with Crippen molar-refractivity contribution in [2.75, 3.05) is 0 Å². The molecule has 0 aromatic heterocycles. The molecule has 0 bridgehead atoms. The van der Waals surface area contributed by atoms with E-state index in [-0.39, 0.29) is 0 Å². The molecule has 0 fully saturated rings. The summed E-state index contributed by atoms with van der Waals surface area (Å²) < 4.78 is 0.762. The Morgan fingerprint density at radius 1 is 1.17 bits per heavy atom. The quantitative estimate of drug-likeness (QED) is 0.577. The molecule has 0 aliphatic carbocycles. The summed E-state index contributed by atoms with van der Waals surface area (Å²) in [6.45, 7) is 4.56. The first-order chi connectivity index (χ1) is 5.70. The number of halogens is 1. The fourth-order valence-corrected chi connectivity index (χ4v) is 2.17. The van der Waals surface area contributed by atoms with Gasteiger partial charge < -0.3 is 0 Å². The van der Waals surface area contributed by atoms with Gasteiger partial charge in [-0.3, -0.25) is 0 Å². The van der Waals surface area contributed by atoms with E-state index < -0.39 is 0 Å². The Hall–Kier alpha value is -0.0500. The standard InChI is InChI=1S/C11H15I/c1-9(8-10(2)12)11-6-4-3-5-7-11/h3-7,9-10H,8H2,1-2H3/t9-,10+/m0/s1. The molecule has 66 valence electrons. The highest BCUT2D eigenvalue weighted by Crippen LogP contribution is 2.22. The van der Waals surface area contributed by atoms with Crippen LogP contribution >= 0.6 is 22.6 Å². The Bertz CT molecular complexity index is 216. The van der Waals surface area contributed by atoms with E-state index in [2.05, 4.69) is 66.8 Å². The molecular weight excluding hydrogens is 259 g/mol. The first-order valence-corrected chi connectivity index (χ1v) is 5.63. The third-order valence-electron chi connectivity index (χ3n) is 2.05. The molecule has 12 heavy (non-hydrogen) atoms. The fraction of sp³-hybridized carbons (Fsp3) is 0.455. The van der Waals surface area contributed by atoms with Crippen LogP contribution in [-0.2, 0) is 0 Å². The molecule has 0 N–H and O–H groups in total. The summed E-state index contributed by atoms with van der Waals surface area (Å²) in [5.41, 5.74) is 1.46. The Labute approximate surface area is 88.5 Å². The second-order valence-electron chi connectivity index (χ2n) is 3.33.